The first-order valence-electron chi connectivity index (χ1n) is 9.21. The SMILES string of the molecule is Cc1ccc(N(CC(=O)Nc2ccc(C(N)=O)cc2)S(=O)(=O)c2ccc(F)cc2)cc1. The molecule has 0 aliphatic heterocycles. The summed E-state index contributed by atoms with van der Waals surface area (Å²) in [6, 6.07) is 16.9. The van der Waals surface area contributed by atoms with Crippen LogP contribution >= 0.6 is 0 Å². The van der Waals surface area contributed by atoms with Crippen LogP contribution in [0.15, 0.2) is 77.7 Å². The van der Waals surface area contributed by atoms with Crippen LogP contribution in [0, 0.1) is 12.7 Å². The number of nitrogens with one attached hydrogen (secondary N) is 1. The molecule has 9 heteroatoms. The van der Waals surface area contributed by atoms with Crippen molar-refractivity contribution in [3.05, 3.63) is 89.7 Å². The second kappa shape index (κ2) is 8.97. The summed E-state index contributed by atoms with van der Waals surface area (Å²) in [7, 11) is -4.14. The first kappa shape index (κ1) is 22.0. The van der Waals surface area contributed by atoms with Gasteiger partial charge >= 0.3 is 0 Å². The molecule has 0 aromatic heterocycles. The van der Waals surface area contributed by atoms with Gasteiger partial charge in [-0.1, -0.05) is 17.7 Å². The van der Waals surface area contributed by atoms with Gasteiger partial charge in [0.1, 0.15) is 12.4 Å². The second-order valence-electron chi connectivity index (χ2n) is 6.79. The molecule has 0 fully saturated rings. The quantitative estimate of drug-likeness (QED) is 0.587. The number of hydrogen-bond acceptors (Lipinski definition) is 4. The number of nitrogens with two attached hydrogens (primary N) is 1. The number of halogens is 1. The monoisotopic (exact) mass is 441 g/mol. The van der Waals surface area contributed by atoms with Gasteiger partial charge in [-0.05, 0) is 67.6 Å². The average molecular weight is 441 g/mol. The van der Waals surface area contributed by atoms with E-state index in [0.717, 1.165) is 34.1 Å². The summed E-state index contributed by atoms with van der Waals surface area (Å²) in [6.07, 6.45) is 0. The van der Waals surface area contributed by atoms with E-state index in [4.69, 9.17) is 5.73 Å². The van der Waals surface area contributed by atoms with E-state index in [1.54, 1.807) is 24.3 Å². The van der Waals surface area contributed by atoms with Gasteiger partial charge in [-0.2, -0.15) is 0 Å². The molecule has 3 rings (SSSR count). The third-order valence-corrected chi connectivity index (χ3v) is 6.25. The van der Waals surface area contributed by atoms with Crippen molar-refractivity contribution in [2.75, 3.05) is 16.2 Å². The van der Waals surface area contributed by atoms with Gasteiger partial charge in [-0.15, -0.1) is 0 Å². The molecule has 0 radical (unpaired) electrons. The molecule has 2 amide bonds. The summed E-state index contributed by atoms with van der Waals surface area (Å²) < 4.78 is 40.6. The molecule has 0 saturated carbocycles. The topological polar surface area (TPSA) is 110 Å². The number of benzene rings is 3. The van der Waals surface area contributed by atoms with Gasteiger partial charge in [-0.3, -0.25) is 13.9 Å². The predicted octanol–water partition coefficient (Wildman–Crippen LogP) is 3.07. The highest BCUT2D eigenvalue weighted by molar-refractivity contribution is 7.92. The van der Waals surface area contributed by atoms with Gasteiger partial charge in [0.15, 0.2) is 0 Å². The maximum absolute atomic E-state index is 13.3. The Bertz CT molecular complexity index is 1190. The summed E-state index contributed by atoms with van der Waals surface area (Å²) in [5.41, 5.74) is 7.05. The number of primary amides is 1. The van der Waals surface area contributed by atoms with Crippen molar-refractivity contribution in [2.24, 2.45) is 5.73 Å². The Kier molecular flexibility index (Phi) is 6.36. The minimum atomic E-state index is -4.14. The van der Waals surface area contributed by atoms with Gasteiger partial charge in [0, 0.05) is 11.3 Å². The molecule has 0 heterocycles. The number of carbonyl (C=O) groups excluding carboxylic acids is 2. The van der Waals surface area contributed by atoms with Crippen molar-refractivity contribution >= 4 is 33.2 Å². The van der Waals surface area contributed by atoms with Crippen LogP contribution < -0.4 is 15.4 Å². The fourth-order valence-electron chi connectivity index (χ4n) is 2.81. The Balaban J connectivity index is 1.89. The highest BCUT2D eigenvalue weighted by Gasteiger charge is 2.27. The molecular formula is C22H20FN3O4S. The van der Waals surface area contributed by atoms with E-state index in [-0.39, 0.29) is 16.1 Å². The Morgan fingerprint density at radius 3 is 2.06 bits per heavy atom. The molecule has 3 N–H and O–H groups in total. The van der Waals surface area contributed by atoms with E-state index in [1.807, 2.05) is 6.92 Å². The van der Waals surface area contributed by atoms with Crippen LogP contribution in [0.5, 0.6) is 0 Å². The minimum absolute atomic E-state index is 0.145. The third-order valence-electron chi connectivity index (χ3n) is 4.46. The van der Waals surface area contributed by atoms with Crippen LogP contribution in [-0.2, 0) is 14.8 Å². The fraction of sp³-hybridized carbons (Fsp3) is 0.0909. The number of amides is 2. The summed E-state index contributed by atoms with van der Waals surface area (Å²) >= 11 is 0. The van der Waals surface area contributed by atoms with Gasteiger partial charge in [-0.25, -0.2) is 12.8 Å². The molecule has 160 valence electrons. The number of sulfonamides is 1. The van der Waals surface area contributed by atoms with Crippen LogP contribution in [0.1, 0.15) is 15.9 Å². The molecule has 0 unspecified atom stereocenters. The molecule has 7 nitrogen and oxygen atoms in total. The predicted molar refractivity (Wildman–Crippen MR) is 116 cm³/mol. The number of anilines is 2. The summed E-state index contributed by atoms with van der Waals surface area (Å²) in [6.45, 7) is 1.34. The van der Waals surface area contributed by atoms with Crippen LogP contribution in [0.25, 0.3) is 0 Å². The van der Waals surface area contributed by atoms with E-state index in [0.29, 0.717) is 5.69 Å². The van der Waals surface area contributed by atoms with Gasteiger partial charge in [0.2, 0.25) is 11.8 Å². The third kappa shape index (κ3) is 5.26. The smallest absolute Gasteiger partial charge is 0.264 e. The highest BCUT2D eigenvalue weighted by atomic mass is 32.2. The largest absolute Gasteiger partial charge is 0.366 e. The molecule has 0 atom stereocenters. The van der Waals surface area contributed by atoms with E-state index >= 15 is 0 Å². The molecule has 0 aliphatic rings. The fourth-order valence-corrected chi connectivity index (χ4v) is 4.23. The molecule has 3 aromatic carbocycles. The van der Waals surface area contributed by atoms with Gasteiger partial charge < -0.3 is 11.1 Å². The Morgan fingerprint density at radius 2 is 1.52 bits per heavy atom. The zero-order chi connectivity index (χ0) is 22.6. The first-order chi connectivity index (χ1) is 14.7. The normalized spacial score (nSPS) is 11.0. The lowest BCUT2D eigenvalue weighted by molar-refractivity contribution is -0.114. The Morgan fingerprint density at radius 1 is 0.935 bits per heavy atom. The van der Waals surface area contributed by atoms with E-state index in [9.17, 15) is 22.4 Å². The molecule has 0 spiro atoms. The van der Waals surface area contributed by atoms with Crippen LogP contribution in [-0.4, -0.2) is 26.8 Å². The van der Waals surface area contributed by atoms with Crippen molar-refractivity contribution in [3.63, 3.8) is 0 Å². The molecule has 0 bridgehead atoms. The van der Waals surface area contributed by atoms with Crippen LogP contribution in [0.2, 0.25) is 0 Å². The molecule has 31 heavy (non-hydrogen) atoms. The number of aryl methyl sites for hydroxylation is 1. The lowest BCUT2D eigenvalue weighted by Crippen LogP contribution is -2.38. The van der Waals surface area contributed by atoms with Gasteiger partial charge in [0.25, 0.3) is 10.0 Å². The summed E-state index contributed by atoms with van der Waals surface area (Å²) in [5, 5.41) is 2.60. The van der Waals surface area contributed by atoms with Crippen molar-refractivity contribution in [1.82, 2.24) is 0 Å². The molecular weight excluding hydrogens is 421 g/mol. The second-order valence-corrected chi connectivity index (χ2v) is 8.65. The standard InChI is InChI=1S/C22H20FN3O4S/c1-15-2-10-19(11-3-15)26(31(29,30)20-12-6-17(23)7-13-20)14-21(27)25-18-8-4-16(5-9-18)22(24)28/h2-13H,14H2,1H3,(H2,24,28)(H,25,27). The lowest BCUT2D eigenvalue weighted by atomic mass is 10.2. The number of hydrogen-bond donors (Lipinski definition) is 2. The maximum Gasteiger partial charge on any atom is 0.264 e. The first-order valence-corrected chi connectivity index (χ1v) is 10.7. The average Bonchev–Trinajstić information content (AvgIpc) is 2.73. The Labute approximate surface area is 179 Å². The summed E-state index contributed by atoms with van der Waals surface area (Å²) in [5.74, 6) is -1.77. The summed E-state index contributed by atoms with van der Waals surface area (Å²) in [4.78, 5) is 23.7. The van der Waals surface area contributed by atoms with Crippen molar-refractivity contribution in [1.29, 1.82) is 0 Å². The minimum Gasteiger partial charge on any atom is -0.366 e. The van der Waals surface area contributed by atoms with Gasteiger partial charge in [0.05, 0.1) is 10.6 Å². The molecule has 0 aliphatic carbocycles. The Hall–Kier alpha value is -3.72. The van der Waals surface area contributed by atoms with E-state index in [1.165, 1.54) is 24.3 Å². The highest BCUT2D eigenvalue weighted by Crippen LogP contribution is 2.24. The van der Waals surface area contributed by atoms with Crippen molar-refractivity contribution < 1.29 is 22.4 Å². The number of rotatable bonds is 7. The van der Waals surface area contributed by atoms with E-state index in [2.05, 4.69) is 5.32 Å². The van der Waals surface area contributed by atoms with Crippen LogP contribution in [0.4, 0.5) is 15.8 Å². The number of nitrogens with zero attached hydrogens (tertiary/aromatic N) is 1. The molecule has 0 saturated heterocycles. The zero-order valence-electron chi connectivity index (χ0n) is 16.6. The lowest BCUT2D eigenvalue weighted by Gasteiger charge is -2.24. The van der Waals surface area contributed by atoms with Crippen molar-refractivity contribution in [3.8, 4) is 0 Å². The van der Waals surface area contributed by atoms with E-state index < -0.39 is 34.2 Å². The zero-order valence-corrected chi connectivity index (χ0v) is 17.4. The maximum atomic E-state index is 13.3. The van der Waals surface area contributed by atoms with Crippen LogP contribution in [0.3, 0.4) is 0 Å². The molecule has 3 aromatic rings. The van der Waals surface area contributed by atoms with Crippen molar-refractivity contribution in [2.45, 2.75) is 11.8 Å². The number of carbonyl (C=O) groups is 2.